The fourth-order valence-corrected chi connectivity index (χ4v) is 2.55. The van der Waals surface area contributed by atoms with Gasteiger partial charge in [-0.25, -0.2) is 0 Å². The number of carbonyl (C=O) groups is 1. The van der Waals surface area contributed by atoms with Gasteiger partial charge in [-0.05, 0) is 62.2 Å². The Morgan fingerprint density at radius 2 is 1.76 bits per heavy atom. The Balaban J connectivity index is 2.41. The molecule has 0 radical (unpaired) electrons. The molecule has 0 spiro atoms. The smallest absolute Gasteiger partial charge is 0.150 e. The number of benzene rings is 2. The zero-order valence-electron chi connectivity index (χ0n) is 10.9. The molecule has 4 nitrogen and oxygen atoms in total. The summed E-state index contributed by atoms with van der Waals surface area (Å²) in [5.74, 6) is 1.56. The van der Waals surface area contributed by atoms with Crippen LogP contribution in [0, 0.1) is 11.3 Å². The van der Waals surface area contributed by atoms with Crippen LogP contribution in [-0.4, -0.2) is 13.4 Å². The highest BCUT2D eigenvalue weighted by Crippen LogP contribution is 2.38. The van der Waals surface area contributed by atoms with Crippen LogP contribution in [0.3, 0.4) is 0 Å². The van der Waals surface area contributed by atoms with Crippen molar-refractivity contribution in [1.82, 2.24) is 0 Å². The number of rotatable bonds is 4. The van der Waals surface area contributed by atoms with Crippen LogP contribution in [-0.2, 0) is 0 Å². The average molecular weight is 411 g/mol. The number of ether oxygens (including phenoxy) is 2. The van der Waals surface area contributed by atoms with Crippen molar-refractivity contribution in [3.63, 3.8) is 0 Å². The number of hydrogen-bond acceptors (Lipinski definition) is 4. The van der Waals surface area contributed by atoms with Crippen LogP contribution in [0.5, 0.6) is 17.2 Å². The van der Waals surface area contributed by atoms with Gasteiger partial charge in [-0.15, -0.1) is 0 Å². The van der Waals surface area contributed by atoms with Crippen LogP contribution in [0.2, 0.25) is 0 Å². The first kappa shape index (κ1) is 15.5. The maximum Gasteiger partial charge on any atom is 0.150 e. The Hall–Kier alpha value is -1.84. The predicted molar refractivity (Wildman–Crippen MR) is 85.0 cm³/mol. The third kappa shape index (κ3) is 3.43. The molecule has 0 unspecified atom stereocenters. The second-order valence-corrected chi connectivity index (χ2v) is 5.71. The number of nitrogens with zero attached hydrogens (tertiary/aromatic N) is 1. The topological polar surface area (TPSA) is 59.3 Å². The van der Waals surface area contributed by atoms with Gasteiger partial charge in [-0.2, -0.15) is 5.26 Å². The molecule has 2 aromatic rings. The average Bonchev–Trinajstić information content (AvgIpc) is 2.50. The van der Waals surface area contributed by atoms with Gasteiger partial charge in [0.1, 0.15) is 29.6 Å². The fourth-order valence-electron chi connectivity index (χ4n) is 1.66. The van der Waals surface area contributed by atoms with E-state index in [9.17, 15) is 4.79 Å². The molecule has 2 aromatic carbocycles. The van der Waals surface area contributed by atoms with Crippen LogP contribution < -0.4 is 9.47 Å². The molecule has 0 aromatic heterocycles. The summed E-state index contributed by atoms with van der Waals surface area (Å²) in [7, 11) is 1.57. The largest absolute Gasteiger partial charge is 0.496 e. The van der Waals surface area contributed by atoms with E-state index < -0.39 is 0 Å². The van der Waals surface area contributed by atoms with Gasteiger partial charge >= 0.3 is 0 Å². The van der Waals surface area contributed by atoms with E-state index in [1.165, 1.54) is 6.07 Å². The van der Waals surface area contributed by atoms with Gasteiger partial charge in [0.2, 0.25) is 0 Å². The third-order valence-electron chi connectivity index (χ3n) is 2.69. The van der Waals surface area contributed by atoms with Crippen molar-refractivity contribution < 1.29 is 14.3 Å². The first-order valence-corrected chi connectivity index (χ1v) is 7.38. The lowest BCUT2D eigenvalue weighted by Crippen LogP contribution is -1.93. The molecule has 2 rings (SSSR count). The van der Waals surface area contributed by atoms with Crippen molar-refractivity contribution in [2.75, 3.05) is 7.11 Å². The van der Waals surface area contributed by atoms with Crippen molar-refractivity contribution in [2.24, 2.45) is 0 Å². The lowest BCUT2D eigenvalue weighted by molar-refractivity contribution is 0.112. The van der Waals surface area contributed by atoms with Crippen LogP contribution in [0.15, 0.2) is 39.3 Å². The molecule has 0 heterocycles. The van der Waals surface area contributed by atoms with E-state index in [1.807, 2.05) is 6.07 Å². The van der Waals surface area contributed by atoms with Gasteiger partial charge < -0.3 is 9.47 Å². The molecule has 21 heavy (non-hydrogen) atoms. The second-order valence-electron chi connectivity index (χ2n) is 4.00. The zero-order chi connectivity index (χ0) is 15.4. The van der Waals surface area contributed by atoms with E-state index in [0.29, 0.717) is 39.1 Å². The Labute approximate surface area is 138 Å². The van der Waals surface area contributed by atoms with Gasteiger partial charge in [0.15, 0.2) is 0 Å². The highest BCUT2D eigenvalue weighted by Gasteiger charge is 2.12. The van der Waals surface area contributed by atoms with Gasteiger partial charge in [0.25, 0.3) is 0 Å². The number of nitriles is 1. The minimum absolute atomic E-state index is 0.290. The fraction of sp³-hybridized carbons (Fsp3) is 0.0667. The minimum Gasteiger partial charge on any atom is -0.496 e. The maximum absolute atomic E-state index is 10.7. The minimum atomic E-state index is 0.290. The van der Waals surface area contributed by atoms with Crippen molar-refractivity contribution >= 4 is 38.1 Å². The van der Waals surface area contributed by atoms with E-state index in [1.54, 1.807) is 31.4 Å². The molecule has 0 saturated heterocycles. The van der Waals surface area contributed by atoms with E-state index in [-0.39, 0.29) is 0 Å². The van der Waals surface area contributed by atoms with Crippen LogP contribution in [0.1, 0.15) is 15.9 Å². The molecular weight excluding hydrogens is 402 g/mol. The Morgan fingerprint density at radius 3 is 2.38 bits per heavy atom. The number of carbonyl (C=O) groups excluding carboxylic acids is 1. The molecule has 6 heteroatoms. The van der Waals surface area contributed by atoms with E-state index in [0.717, 1.165) is 4.47 Å². The van der Waals surface area contributed by atoms with Gasteiger partial charge in [-0.3, -0.25) is 4.79 Å². The lowest BCUT2D eigenvalue weighted by atomic mass is 10.1. The highest BCUT2D eigenvalue weighted by atomic mass is 79.9. The van der Waals surface area contributed by atoms with E-state index in [2.05, 4.69) is 31.9 Å². The number of halogens is 2. The van der Waals surface area contributed by atoms with Crippen molar-refractivity contribution in [3.05, 3.63) is 50.4 Å². The molecule has 0 N–H and O–H groups in total. The number of hydrogen-bond donors (Lipinski definition) is 0. The van der Waals surface area contributed by atoms with E-state index in [4.69, 9.17) is 14.7 Å². The zero-order valence-corrected chi connectivity index (χ0v) is 14.1. The summed E-state index contributed by atoms with van der Waals surface area (Å²) in [5, 5.41) is 9.14. The predicted octanol–water partition coefficient (Wildman–Crippen LogP) is 4.70. The summed E-state index contributed by atoms with van der Waals surface area (Å²) >= 11 is 6.77. The van der Waals surface area contributed by atoms with Crippen LogP contribution in [0.4, 0.5) is 0 Å². The summed E-state index contributed by atoms with van der Waals surface area (Å²) in [4.78, 5) is 10.7. The van der Waals surface area contributed by atoms with Crippen molar-refractivity contribution in [1.29, 1.82) is 5.26 Å². The standard InChI is InChI=1S/C15H9Br2NO3/c1-20-14-5-12(17)15(6-11(14)16)21-13-3-2-9(8-19)4-10(13)7-18/h2-6,8H,1H3. The van der Waals surface area contributed by atoms with Gasteiger partial charge in [0, 0.05) is 5.56 Å². The summed E-state index contributed by atoms with van der Waals surface area (Å²) in [6.07, 6.45) is 0.685. The van der Waals surface area contributed by atoms with E-state index >= 15 is 0 Å². The van der Waals surface area contributed by atoms with Crippen molar-refractivity contribution in [2.45, 2.75) is 0 Å². The van der Waals surface area contributed by atoms with Gasteiger partial charge in [0.05, 0.1) is 21.6 Å². The van der Waals surface area contributed by atoms with Crippen LogP contribution in [0.25, 0.3) is 0 Å². The normalized spacial score (nSPS) is 9.81. The molecule has 0 aliphatic heterocycles. The molecule has 0 aliphatic rings. The highest BCUT2D eigenvalue weighted by molar-refractivity contribution is 9.11. The molecule has 0 aliphatic carbocycles. The van der Waals surface area contributed by atoms with Gasteiger partial charge in [-0.1, -0.05) is 0 Å². The molecular formula is C15H9Br2NO3. The Morgan fingerprint density at radius 1 is 1.10 bits per heavy atom. The quantitative estimate of drug-likeness (QED) is 0.685. The monoisotopic (exact) mass is 409 g/mol. The Kier molecular flexibility index (Phi) is 4.99. The maximum atomic E-state index is 10.7. The number of methoxy groups -OCH3 is 1. The first-order chi connectivity index (χ1) is 10.1. The lowest BCUT2D eigenvalue weighted by Gasteiger charge is -2.12. The van der Waals surface area contributed by atoms with Crippen LogP contribution >= 0.6 is 31.9 Å². The summed E-state index contributed by atoms with van der Waals surface area (Å²) < 4.78 is 12.3. The summed E-state index contributed by atoms with van der Waals surface area (Å²) in [6, 6.07) is 10.2. The molecule has 106 valence electrons. The van der Waals surface area contributed by atoms with Crippen molar-refractivity contribution in [3.8, 4) is 23.3 Å². The SMILES string of the molecule is COc1cc(Br)c(Oc2ccc(C=O)cc2C#N)cc1Br. The first-order valence-electron chi connectivity index (χ1n) is 5.79. The molecule has 0 amide bonds. The molecule has 0 saturated carbocycles. The number of aldehydes is 1. The third-order valence-corrected chi connectivity index (χ3v) is 3.93. The Bertz CT molecular complexity index is 738. The summed E-state index contributed by atoms with van der Waals surface area (Å²) in [6.45, 7) is 0. The molecule has 0 fully saturated rings. The second kappa shape index (κ2) is 6.74. The molecule has 0 atom stereocenters. The molecule has 0 bridgehead atoms. The summed E-state index contributed by atoms with van der Waals surface area (Å²) in [5.41, 5.74) is 0.715.